The van der Waals surface area contributed by atoms with E-state index < -0.39 is 5.60 Å². The topological polar surface area (TPSA) is 91.6 Å². The fourth-order valence-corrected chi connectivity index (χ4v) is 6.55. The molecule has 35 heavy (non-hydrogen) atoms. The monoisotopic (exact) mass is 579 g/mol. The van der Waals surface area contributed by atoms with Gasteiger partial charge < -0.3 is 19.3 Å². The van der Waals surface area contributed by atoms with Crippen LogP contribution in [0.3, 0.4) is 0 Å². The molecule has 2 saturated heterocycles. The van der Waals surface area contributed by atoms with Crippen LogP contribution in [0.4, 0.5) is 10.6 Å². The minimum atomic E-state index is -0.534. The fourth-order valence-electron chi connectivity index (χ4n) is 5.22. The number of ether oxygens (including phenoxy) is 2. The van der Waals surface area contributed by atoms with Crippen LogP contribution < -0.4 is 4.90 Å². The van der Waals surface area contributed by atoms with E-state index in [1.807, 2.05) is 25.7 Å². The minimum Gasteiger partial charge on any atom is -0.444 e. The maximum atomic E-state index is 12.8. The zero-order chi connectivity index (χ0) is 25.1. The first-order valence-electron chi connectivity index (χ1n) is 11.7. The number of amides is 1. The number of hydrogen-bond acceptors (Lipinski definition) is 8. The summed E-state index contributed by atoms with van der Waals surface area (Å²) in [6, 6.07) is 2.40. The Balaban J connectivity index is 1.60. The molecule has 0 aliphatic carbocycles. The lowest BCUT2D eigenvalue weighted by Gasteiger charge is -2.36. The van der Waals surface area contributed by atoms with Crippen LogP contribution in [0.15, 0.2) is 9.63 Å². The first-order valence-corrected chi connectivity index (χ1v) is 13.9. The van der Waals surface area contributed by atoms with Crippen LogP contribution >= 0.6 is 39.3 Å². The number of aromatic nitrogens is 2. The van der Waals surface area contributed by atoms with Crippen LogP contribution in [0.2, 0.25) is 5.02 Å². The molecule has 2 fully saturated rings. The summed E-state index contributed by atoms with van der Waals surface area (Å²) in [6.07, 6.45) is 0.455. The third kappa shape index (κ3) is 4.35. The molecule has 3 aliphatic heterocycles. The van der Waals surface area contributed by atoms with Gasteiger partial charge >= 0.3 is 6.09 Å². The SMILES string of the molecule is CCSc1nc(N2C[C@H]3C[C@@H]2CN3C(=O)OC(C)(C)C)c2c3c(c(Br)c(Cl)c2n1)COC3CC#N. The number of thioether (sulfide) groups is 1. The van der Waals surface area contributed by atoms with Gasteiger partial charge in [-0.25, -0.2) is 14.8 Å². The molecule has 1 aromatic carbocycles. The number of nitriles is 1. The number of nitrogens with zero attached hydrogens (tertiary/aromatic N) is 5. The highest BCUT2D eigenvalue weighted by Gasteiger charge is 2.48. The minimum absolute atomic E-state index is 0.0484. The third-order valence-corrected chi connectivity index (χ3v) is 8.77. The Hall–Kier alpha value is -1.80. The zero-order valence-corrected chi connectivity index (χ0v) is 23.3. The highest BCUT2D eigenvalue weighted by molar-refractivity contribution is 9.10. The molecule has 8 nitrogen and oxygen atoms in total. The van der Waals surface area contributed by atoms with Crippen molar-refractivity contribution in [1.29, 1.82) is 5.26 Å². The maximum Gasteiger partial charge on any atom is 0.410 e. The van der Waals surface area contributed by atoms with E-state index in [9.17, 15) is 10.1 Å². The molecular formula is C24H27BrClN5O3S. The number of benzene rings is 1. The molecule has 0 radical (unpaired) electrons. The zero-order valence-electron chi connectivity index (χ0n) is 20.1. The molecule has 5 rings (SSSR count). The molecule has 0 N–H and O–H groups in total. The van der Waals surface area contributed by atoms with Crippen LogP contribution in [-0.2, 0) is 16.1 Å². The first kappa shape index (κ1) is 24.9. The molecular weight excluding hydrogens is 554 g/mol. The Morgan fingerprint density at radius 3 is 2.74 bits per heavy atom. The molecule has 4 heterocycles. The summed E-state index contributed by atoms with van der Waals surface area (Å²) in [5, 5.41) is 11.5. The largest absolute Gasteiger partial charge is 0.444 e. The van der Waals surface area contributed by atoms with Gasteiger partial charge in [0.15, 0.2) is 5.16 Å². The van der Waals surface area contributed by atoms with Crippen LogP contribution in [0.5, 0.6) is 0 Å². The predicted octanol–water partition coefficient (Wildman–Crippen LogP) is 5.84. The lowest BCUT2D eigenvalue weighted by atomic mass is 9.97. The summed E-state index contributed by atoms with van der Waals surface area (Å²) in [5.74, 6) is 1.63. The van der Waals surface area contributed by atoms with Gasteiger partial charge in [-0.3, -0.25) is 0 Å². The standard InChI is InChI=1S/C24H27BrClN5O3S/c1-5-35-22-28-20-17(16-14(18(25)19(20)26)11-33-15(16)6-7-27)21(29-22)30-9-13-8-12(30)10-31(13)23(32)34-24(2,3)4/h12-13,15H,5-6,8-11H2,1-4H3/t12-,13-,15?/m1/s1. The number of rotatable bonds is 4. The third-order valence-electron chi connectivity index (χ3n) is 6.57. The number of anilines is 1. The van der Waals surface area contributed by atoms with Gasteiger partial charge in [0.25, 0.3) is 0 Å². The van der Waals surface area contributed by atoms with Gasteiger partial charge in [0.1, 0.15) is 11.4 Å². The second-order valence-corrected chi connectivity index (χ2v) is 12.4. The van der Waals surface area contributed by atoms with Gasteiger partial charge in [-0.15, -0.1) is 0 Å². The average Bonchev–Trinajstić information content (AvgIpc) is 3.51. The van der Waals surface area contributed by atoms with Gasteiger partial charge in [-0.2, -0.15) is 5.26 Å². The van der Waals surface area contributed by atoms with Crippen molar-refractivity contribution in [3.05, 3.63) is 20.6 Å². The lowest BCUT2D eigenvalue weighted by molar-refractivity contribution is 0.0214. The van der Waals surface area contributed by atoms with Crippen LogP contribution in [0.1, 0.15) is 57.8 Å². The van der Waals surface area contributed by atoms with Gasteiger partial charge in [0.05, 0.1) is 53.2 Å². The number of carbonyl (C=O) groups excluding carboxylic acids is 1. The highest BCUT2D eigenvalue weighted by atomic mass is 79.9. The van der Waals surface area contributed by atoms with Gasteiger partial charge in [-0.1, -0.05) is 30.3 Å². The molecule has 1 unspecified atom stereocenters. The molecule has 11 heteroatoms. The summed E-state index contributed by atoms with van der Waals surface area (Å²) in [5.41, 5.74) is 2.02. The number of fused-ring (bicyclic) bond motifs is 5. The van der Waals surface area contributed by atoms with Crippen molar-refractivity contribution < 1.29 is 14.3 Å². The normalized spacial score (nSPS) is 23.2. The Kier molecular flexibility index (Phi) is 6.58. The summed E-state index contributed by atoms with van der Waals surface area (Å²) >= 11 is 12.0. The van der Waals surface area contributed by atoms with Crippen molar-refractivity contribution in [3.63, 3.8) is 0 Å². The summed E-state index contributed by atoms with van der Waals surface area (Å²) in [7, 11) is 0. The van der Waals surface area contributed by atoms with E-state index in [2.05, 4.69) is 33.8 Å². The quantitative estimate of drug-likeness (QED) is 0.329. The van der Waals surface area contributed by atoms with Crippen molar-refractivity contribution in [1.82, 2.24) is 14.9 Å². The molecule has 1 aromatic heterocycles. The molecule has 2 aromatic rings. The van der Waals surface area contributed by atoms with Gasteiger partial charge in [0.2, 0.25) is 0 Å². The van der Waals surface area contributed by atoms with E-state index >= 15 is 0 Å². The van der Waals surface area contributed by atoms with Crippen molar-refractivity contribution in [2.45, 2.75) is 76.1 Å². The molecule has 1 amide bonds. The predicted molar refractivity (Wildman–Crippen MR) is 139 cm³/mol. The van der Waals surface area contributed by atoms with E-state index in [1.54, 1.807) is 11.8 Å². The Morgan fingerprint density at radius 2 is 2.11 bits per heavy atom. The van der Waals surface area contributed by atoms with Crippen molar-refractivity contribution in [2.75, 3.05) is 23.7 Å². The number of likely N-dealkylation sites (tertiary alicyclic amines) is 1. The van der Waals surface area contributed by atoms with Crippen LogP contribution in [0, 0.1) is 11.3 Å². The van der Waals surface area contributed by atoms with Gasteiger partial charge in [0, 0.05) is 28.7 Å². The second-order valence-electron chi connectivity index (χ2n) is 10.00. The maximum absolute atomic E-state index is 12.8. The Morgan fingerprint density at radius 1 is 1.34 bits per heavy atom. The number of carbonyl (C=O) groups is 1. The molecule has 2 bridgehead atoms. The Bertz CT molecular complexity index is 1250. The van der Waals surface area contributed by atoms with Crippen LogP contribution in [0.25, 0.3) is 10.9 Å². The summed E-state index contributed by atoms with van der Waals surface area (Å²) < 4.78 is 12.4. The molecule has 0 saturated carbocycles. The number of piperazine rings is 1. The van der Waals surface area contributed by atoms with Crippen molar-refractivity contribution >= 4 is 62.1 Å². The van der Waals surface area contributed by atoms with Crippen molar-refractivity contribution in [3.8, 4) is 6.07 Å². The number of hydrogen-bond donors (Lipinski definition) is 0. The Labute approximate surface area is 222 Å². The van der Waals surface area contributed by atoms with Crippen molar-refractivity contribution in [2.24, 2.45) is 0 Å². The van der Waals surface area contributed by atoms with E-state index in [1.165, 1.54) is 0 Å². The lowest BCUT2D eigenvalue weighted by Crippen LogP contribution is -2.50. The fraction of sp³-hybridized carbons (Fsp3) is 0.583. The van der Waals surface area contributed by atoms with E-state index in [4.69, 9.17) is 31.0 Å². The first-order chi connectivity index (χ1) is 16.6. The van der Waals surface area contributed by atoms with E-state index in [0.29, 0.717) is 35.4 Å². The van der Waals surface area contributed by atoms with Gasteiger partial charge in [-0.05, 0) is 48.9 Å². The second kappa shape index (κ2) is 9.25. The highest BCUT2D eigenvalue weighted by Crippen LogP contribution is 2.49. The van der Waals surface area contributed by atoms with E-state index in [-0.39, 0.29) is 30.7 Å². The summed E-state index contributed by atoms with van der Waals surface area (Å²) in [6.45, 7) is 9.31. The molecule has 3 aliphatic rings. The van der Waals surface area contributed by atoms with Crippen LogP contribution in [-0.4, -0.2) is 57.5 Å². The molecule has 0 spiro atoms. The average molecular weight is 581 g/mol. The summed E-state index contributed by atoms with van der Waals surface area (Å²) in [4.78, 5) is 26.7. The molecule has 3 atom stereocenters. The molecule has 186 valence electrons. The number of halogens is 2. The smallest absolute Gasteiger partial charge is 0.410 e. The van der Waals surface area contributed by atoms with E-state index in [0.717, 1.165) is 39.0 Å².